The Labute approximate surface area is 104 Å². The first-order valence-corrected chi connectivity index (χ1v) is 3.08. The number of carboxylic acid groups (broad SMARTS) is 1. The molecular formula is C9H6BO2Y-2. The second-order valence-corrected chi connectivity index (χ2v) is 1.91. The predicted octanol–water partition coefficient (Wildman–Crippen LogP) is 1.00. The van der Waals surface area contributed by atoms with E-state index in [4.69, 9.17) is 5.11 Å². The smallest absolute Gasteiger partial charge is 0.225 e. The van der Waals surface area contributed by atoms with E-state index in [0.717, 1.165) is 5.56 Å². The quantitative estimate of drug-likeness (QED) is 0.480. The zero-order valence-electron chi connectivity index (χ0n) is 6.90. The maximum Gasteiger partial charge on any atom is 0.225 e. The SMILES string of the molecule is O=C(O)[C-]=Cc1[c-]cccc1.[B].[Y]. The molecular weight excluding hydrogens is 240 g/mol. The van der Waals surface area contributed by atoms with Gasteiger partial charge in [-0.15, -0.1) is 6.07 Å². The molecule has 0 spiro atoms. The molecule has 0 unspecified atom stereocenters. The largest absolute Gasteiger partial charge is 0.493 e. The topological polar surface area (TPSA) is 37.3 Å². The van der Waals surface area contributed by atoms with E-state index in [1.807, 2.05) is 12.1 Å². The minimum Gasteiger partial charge on any atom is -0.493 e. The molecule has 13 heavy (non-hydrogen) atoms. The summed E-state index contributed by atoms with van der Waals surface area (Å²) >= 11 is 0. The van der Waals surface area contributed by atoms with Crippen LogP contribution in [0.25, 0.3) is 6.08 Å². The third-order valence-electron chi connectivity index (χ3n) is 1.08. The average molecular weight is 246 g/mol. The van der Waals surface area contributed by atoms with Gasteiger partial charge < -0.3 is 16.7 Å². The minimum absolute atomic E-state index is 0. The summed E-state index contributed by atoms with van der Waals surface area (Å²) < 4.78 is 0. The van der Waals surface area contributed by atoms with Gasteiger partial charge in [0.25, 0.3) is 0 Å². The van der Waals surface area contributed by atoms with Crippen molar-refractivity contribution < 1.29 is 42.6 Å². The number of carboxylic acids is 1. The van der Waals surface area contributed by atoms with Crippen molar-refractivity contribution in [2.24, 2.45) is 0 Å². The van der Waals surface area contributed by atoms with Crippen LogP contribution in [0.3, 0.4) is 0 Å². The van der Waals surface area contributed by atoms with Crippen molar-refractivity contribution >= 4 is 20.5 Å². The third-order valence-corrected chi connectivity index (χ3v) is 1.08. The van der Waals surface area contributed by atoms with Crippen LogP contribution in [0.2, 0.25) is 0 Å². The van der Waals surface area contributed by atoms with Crippen molar-refractivity contribution in [2.75, 3.05) is 0 Å². The van der Waals surface area contributed by atoms with E-state index in [-0.39, 0.29) is 41.1 Å². The third kappa shape index (κ3) is 6.73. The molecule has 0 saturated heterocycles. The van der Waals surface area contributed by atoms with Crippen LogP contribution in [0, 0.1) is 12.1 Å². The van der Waals surface area contributed by atoms with Crippen LogP contribution < -0.4 is 0 Å². The van der Waals surface area contributed by atoms with Gasteiger partial charge in [-0.3, -0.25) is 4.79 Å². The summed E-state index contributed by atoms with van der Waals surface area (Å²) in [5.74, 6) is -1.07. The number of rotatable bonds is 2. The number of benzene rings is 1. The van der Waals surface area contributed by atoms with Crippen molar-refractivity contribution in [2.45, 2.75) is 0 Å². The van der Waals surface area contributed by atoms with Crippen LogP contribution in [0.1, 0.15) is 5.56 Å². The Bertz CT molecular complexity index is 272. The van der Waals surface area contributed by atoms with E-state index in [1.54, 1.807) is 12.1 Å². The molecule has 0 bridgehead atoms. The zero-order chi connectivity index (χ0) is 8.10. The molecule has 4 radical (unpaired) electrons. The van der Waals surface area contributed by atoms with E-state index in [1.165, 1.54) is 6.08 Å². The molecule has 62 valence electrons. The molecule has 0 amide bonds. The van der Waals surface area contributed by atoms with Gasteiger partial charge in [0.15, 0.2) is 0 Å². The predicted molar refractivity (Wildman–Crippen MR) is 46.4 cm³/mol. The molecule has 1 aromatic rings. The Morgan fingerprint density at radius 2 is 2.23 bits per heavy atom. The summed E-state index contributed by atoms with van der Waals surface area (Å²) in [6.07, 6.45) is 3.50. The second-order valence-electron chi connectivity index (χ2n) is 1.91. The van der Waals surface area contributed by atoms with Crippen molar-refractivity contribution in [1.29, 1.82) is 0 Å². The van der Waals surface area contributed by atoms with Crippen LogP contribution >= 0.6 is 0 Å². The van der Waals surface area contributed by atoms with Crippen LogP contribution in [-0.4, -0.2) is 19.5 Å². The van der Waals surface area contributed by atoms with E-state index in [2.05, 4.69) is 12.1 Å². The molecule has 0 atom stereocenters. The first kappa shape index (κ1) is 15.1. The Hall–Kier alpha value is -0.401. The zero-order valence-corrected chi connectivity index (χ0v) is 9.74. The molecule has 1 aromatic carbocycles. The summed E-state index contributed by atoms with van der Waals surface area (Å²) in [4.78, 5) is 10.0. The van der Waals surface area contributed by atoms with Gasteiger partial charge >= 0.3 is 0 Å². The summed E-state index contributed by atoms with van der Waals surface area (Å²) in [6, 6.07) is 9.95. The fourth-order valence-corrected chi connectivity index (χ4v) is 0.636. The fourth-order valence-electron chi connectivity index (χ4n) is 0.636. The monoisotopic (exact) mass is 246 g/mol. The molecule has 4 heteroatoms. The Kier molecular flexibility index (Phi) is 9.53. The van der Waals surface area contributed by atoms with Crippen LogP contribution in [0.15, 0.2) is 24.3 Å². The van der Waals surface area contributed by atoms with E-state index in [9.17, 15) is 4.79 Å². The van der Waals surface area contributed by atoms with E-state index < -0.39 is 5.97 Å². The molecule has 0 aliphatic carbocycles. The van der Waals surface area contributed by atoms with Gasteiger partial charge in [-0.25, -0.2) is 18.2 Å². The molecule has 1 rings (SSSR count). The van der Waals surface area contributed by atoms with Gasteiger partial charge in [-0.2, -0.15) is 12.1 Å². The molecule has 0 aromatic heterocycles. The van der Waals surface area contributed by atoms with Crippen LogP contribution in [0.4, 0.5) is 0 Å². The average Bonchev–Trinajstić information content (AvgIpc) is 2.03. The van der Waals surface area contributed by atoms with Gasteiger partial charge in [-0.1, -0.05) is 0 Å². The van der Waals surface area contributed by atoms with Crippen molar-refractivity contribution in [1.82, 2.24) is 0 Å². The van der Waals surface area contributed by atoms with Crippen molar-refractivity contribution in [3.8, 4) is 0 Å². The second kappa shape index (κ2) is 8.21. The van der Waals surface area contributed by atoms with Crippen molar-refractivity contribution in [3.63, 3.8) is 0 Å². The molecule has 0 aliphatic rings. The first-order valence-electron chi connectivity index (χ1n) is 3.08. The number of aliphatic carboxylic acids is 1. The summed E-state index contributed by atoms with van der Waals surface area (Å²) in [7, 11) is 0. The summed E-state index contributed by atoms with van der Waals surface area (Å²) in [5.41, 5.74) is 0.718. The molecule has 0 saturated carbocycles. The van der Waals surface area contributed by atoms with Crippen LogP contribution in [-0.2, 0) is 37.5 Å². The molecule has 1 N–H and O–H groups in total. The molecule has 0 heterocycles. The first-order chi connectivity index (χ1) is 5.29. The van der Waals surface area contributed by atoms with Gasteiger partial charge in [-0.05, 0) is 0 Å². The van der Waals surface area contributed by atoms with E-state index >= 15 is 0 Å². The van der Waals surface area contributed by atoms with Gasteiger partial charge in [0.1, 0.15) is 0 Å². The Balaban J connectivity index is 0. The van der Waals surface area contributed by atoms with Crippen molar-refractivity contribution in [3.05, 3.63) is 42.0 Å². The van der Waals surface area contributed by atoms with Gasteiger partial charge in [0, 0.05) is 41.1 Å². The maximum atomic E-state index is 10.0. The van der Waals surface area contributed by atoms with Gasteiger partial charge in [0.2, 0.25) is 5.97 Å². The fraction of sp³-hybridized carbons (Fsp3) is 0. The number of hydrogen-bond acceptors (Lipinski definition) is 1. The molecule has 0 fully saturated rings. The molecule has 2 nitrogen and oxygen atoms in total. The normalized spacial score (nSPS) is 8.62. The Morgan fingerprint density at radius 3 is 2.69 bits per heavy atom. The summed E-state index contributed by atoms with van der Waals surface area (Å²) in [6.45, 7) is 0. The number of carbonyl (C=O) groups is 1. The molecule has 0 aliphatic heterocycles. The minimum atomic E-state index is -1.07. The van der Waals surface area contributed by atoms with Crippen LogP contribution in [0.5, 0.6) is 0 Å². The standard InChI is InChI=1S/C9H6O2.B.Y/c10-9(11)7-6-8-4-2-1-3-5-8;;/h1-4,6H,(H,10,11);;/q-2;;. The maximum absolute atomic E-state index is 10.0. The summed E-state index contributed by atoms with van der Waals surface area (Å²) in [5, 5.41) is 8.22. The van der Waals surface area contributed by atoms with E-state index in [0.29, 0.717) is 0 Å². The Morgan fingerprint density at radius 1 is 1.54 bits per heavy atom. The van der Waals surface area contributed by atoms with Gasteiger partial charge in [0.05, 0.1) is 0 Å². The number of hydrogen-bond donors (Lipinski definition) is 1.